The molecule has 0 saturated heterocycles. The maximum Gasteiger partial charge on any atom is 0.0690 e. The summed E-state index contributed by atoms with van der Waals surface area (Å²) in [5.74, 6) is 1.51. The number of hydrogen-bond donors (Lipinski definition) is 0. The third-order valence-electron chi connectivity index (χ3n) is 4.03. The van der Waals surface area contributed by atoms with Crippen molar-refractivity contribution < 1.29 is 4.74 Å². The Labute approximate surface area is 106 Å². The summed E-state index contributed by atoms with van der Waals surface area (Å²) in [5.41, 5.74) is -0.0790. The fourth-order valence-electron chi connectivity index (χ4n) is 2.42. The van der Waals surface area contributed by atoms with E-state index in [2.05, 4.69) is 26.8 Å². The highest BCUT2D eigenvalue weighted by Crippen LogP contribution is 2.40. The number of nitriles is 1. The highest BCUT2D eigenvalue weighted by atomic mass is 16.5. The van der Waals surface area contributed by atoms with Gasteiger partial charge in [0.15, 0.2) is 0 Å². The van der Waals surface area contributed by atoms with E-state index in [0.717, 1.165) is 44.8 Å². The van der Waals surface area contributed by atoms with Crippen LogP contribution in [-0.4, -0.2) is 13.2 Å². The molecule has 0 amide bonds. The number of hydrogen-bond acceptors (Lipinski definition) is 2. The number of ether oxygens (including phenoxy) is 1. The molecule has 0 aromatic rings. The molecule has 17 heavy (non-hydrogen) atoms. The lowest BCUT2D eigenvalue weighted by molar-refractivity contribution is 0.0844. The van der Waals surface area contributed by atoms with Crippen molar-refractivity contribution in [2.24, 2.45) is 17.3 Å². The molecule has 0 bridgehead atoms. The van der Waals surface area contributed by atoms with Crippen molar-refractivity contribution in [2.45, 2.75) is 59.3 Å². The zero-order valence-electron chi connectivity index (χ0n) is 11.7. The van der Waals surface area contributed by atoms with Gasteiger partial charge >= 0.3 is 0 Å². The Balaban J connectivity index is 2.21. The molecule has 2 nitrogen and oxygen atoms in total. The first-order valence-electron chi connectivity index (χ1n) is 7.07. The van der Waals surface area contributed by atoms with E-state index in [4.69, 9.17) is 4.74 Å². The SMILES string of the molecule is CC(C)CCOCCC1(C#N)CCC(C)CC1. The van der Waals surface area contributed by atoms with Crippen LogP contribution in [0.1, 0.15) is 59.3 Å². The molecule has 1 aliphatic carbocycles. The van der Waals surface area contributed by atoms with Crippen molar-refractivity contribution in [3.8, 4) is 6.07 Å². The van der Waals surface area contributed by atoms with Gasteiger partial charge in [0.05, 0.1) is 11.5 Å². The normalized spacial score (nSPS) is 29.2. The first-order chi connectivity index (χ1) is 8.08. The summed E-state index contributed by atoms with van der Waals surface area (Å²) in [5, 5.41) is 9.37. The Bertz CT molecular complexity index is 246. The molecule has 0 aromatic carbocycles. The Kier molecular flexibility index (Phi) is 5.98. The van der Waals surface area contributed by atoms with Gasteiger partial charge in [0, 0.05) is 13.2 Å². The molecular formula is C15H27NO. The van der Waals surface area contributed by atoms with E-state index in [0.29, 0.717) is 5.92 Å². The van der Waals surface area contributed by atoms with Gasteiger partial charge in [0.25, 0.3) is 0 Å². The van der Waals surface area contributed by atoms with Gasteiger partial charge in [-0.05, 0) is 50.4 Å². The number of nitrogens with zero attached hydrogens (tertiary/aromatic N) is 1. The smallest absolute Gasteiger partial charge is 0.0690 e. The quantitative estimate of drug-likeness (QED) is 0.650. The summed E-state index contributed by atoms with van der Waals surface area (Å²) < 4.78 is 5.65. The van der Waals surface area contributed by atoms with Crippen LogP contribution in [0.5, 0.6) is 0 Å². The Morgan fingerprint density at radius 3 is 2.47 bits per heavy atom. The second-order valence-corrected chi connectivity index (χ2v) is 6.12. The molecule has 1 fully saturated rings. The molecule has 2 heteroatoms. The van der Waals surface area contributed by atoms with Crippen LogP contribution in [0.3, 0.4) is 0 Å². The standard InChI is InChI=1S/C15H27NO/c1-13(2)6-10-17-11-9-15(12-16)7-4-14(3)5-8-15/h13-14H,4-11H2,1-3H3. The van der Waals surface area contributed by atoms with E-state index >= 15 is 0 Å². The minimum absolute atomic E-state index is 0.0790. The van der Waals surface area contributed by atoms with E-state index in [1.54, 1.807) is 0 Å². The third-order valence-corrected chi connectivity index (χ3v) is 4.03. The lowest BCUT2D eigenvalue weighted by atomic mass is 9.70. The van der Waals surface area contributed by atoms with Gasteiger partial charge < -0.3 is 4.74 Å². The molecule has 0 unspecified atom stereocenters. The largest absolute Gasteiger partial charge is 0.381 e. The third kappa shape index (κ3) is 5.08. The summed E-state index contributed by atoms with van der Waals surface area (Å²) in [6.45, 7) is 8.32. The Morgan fingerprint density at radius 2 is 1.94 bits per heavy atom. The van der Waals surface area contributed by atoms with Crippen molar-refractivity contribution in [3.63, 3.8) is 0 Å². The van der Waals surface area contributed by atoms with Crippen molar-refractivity contribution >= 4 is 0 Å². The lowest BCUT2D eigenvalue weighted by Gasteiger charge is -2.33. The van der Waals surface area contributed by atoms with Gasteiger partial charge in [-0.15, -0.1) is 0 Å². The van der Waals surface area contributed by atoms with Crippen LogP contribution in [0, 0.1) is 28.6 Å². The van der Waals surface area contributed by atoms with Crippen molar-refractivity contribution in [3.05, 3.63) is 0 Å². The summed E-state index contributed by atoms with van der Waals surface area (Å²) >= 11 is 0. The van der Waals surface area contributed by atoms with Crippen LogP contribution < -0.4 is 0 Å². The van der Waals surface area contributed by atoms with Gasteiger partial charge in [-0.1, -0.05) is 20.8 Å². The zero-order chi connectivity index (χ0) is 12.7. The fraction of sp³-hybridized carbons (Fsp3) is 0.933. The van der Waals surface area contributed by atoms with E-state index in [9.17, 15) is 5.26 Å². The monoisotopic (exact) mass is 237 g/mol. The molecular weight excluding hydrogens is 210 g/mol. The van der Waals surface area contributed by atoms with Crippen molar-refractivity contribution in [2.75, 3.05) is 13.2 Å². The fourth-order valence-corrected chi connectivity index (χ4v) is 2.42. The van der Waals surface area contributed by atoms with Crippen LogP contribution in [0.15, 0.2) is 0 Å². The molecule has 0 spiro atoms. The summed E-state index contributed by atoms with van der Waals surface area (Å²) in [6, 6.07) is 2.56. The first-order valence-corrected chi connectivity index (χ1v) is 7.07. The van der Waals surface area contributed by atoms with Crippen LogP contribution in [0.2, 0.25) is 0 Å². The van der Waals surface area contributed by atoms with E-state index in [1.807, 2.05) is 0 Å². The van der Waals surface area contributed by atoms with Gasteiger partial charge in [0.2, 0.25) is 0 Å². The predicted octanol–water partition coefficient (Wildman–Crippen LogP) is 4.16. The summed E-state index contributed by atoms with van der Waals surface area (Å²) in [4.78, 5) is 0. The van der Waals surface area contributed by atoms with Crippen LogP contribution in [0.4, 0.5) is 0 Å². The van der Waals surface area contributed by atoms with Gasteiger partial charge in [0.1, 0.15) is 0 Å². The van der Waals surface area contributed by atoms with E-state index in [-0.39, 0.29) is 5.41 Å². The predicted molar refractivity (Wildman–Crippen MR) is 70.6 cm³/mol. The molecule has 0 heterocycles. The first kappa shape index (κ1) is 14.5. The van der Waals surface area contributed by atoms with Crippen molar-refractivity contribution in [1.29, 1.82) is 5.26 Å². The highest BCUT2D eigenvalue weighted by Gasteiger charge is 2.33. The summed E-state index contributed by atoms with van der Waals surface area (Å²) in [6.07, 6.45) is 6.60. The van der Waals surface area contributed by atoms with Crippen LogP contribution in [0.25, 0.3) is 0 Å². The van der Waals surface area contributed by atoms with E-state index in [1.165, 1.54) is 12.8 Å². The average Bonchev–Trinajstić information content (AvgIpc) is 2.31. The average molecular weight is 237 g/mol. The van der Waals surface area contributed by atoms with Gasteiger partial charge in [-0.3, -0.25) is 0 Å². The Morgan fingerprint density at radius 1 is 1.29 bits per heavy atom. The molecule has 1 saturated carbocycles. The van der Waals surface area contributed by atoms with Gasteiger partial charge in [-0.2, -0.15) is 5.26 Å². The minimum Gasteiger partial charge on any atom is -0.381 e. The highest BCUT2D eigenvalue weighted by molar-refractivity contribution is 5.01. The second kappa shape index (κ2) is 7.01. The Hall–Kier alpha value is -0.550. The maximum atomic E-state index is 9.37. The second-order valence-electron chi connectivity index (χ2n) is 6.12. The van der Waals surface area contributed by atoms with Crippen molar-refractivity contribution in [1.82, 2.24) is 0 Å². The molecule has 98 valence electrons. The molecule has 0 aliphatic heterocycles. The molecule has 1 aliphatic rings. The van der Waals surface area contributed by atoms with Gasteiger partial charge in [-0.25, -0.2) is 0 Å². The molecule has 0 N–H and O–H groups in total. The molecule has 0 atom stereocenters. The molecule has 1 rings (SSSR count). The topological polar surface area (TPSA) is 33.0 Å². The minimum atomic E-state index is -0.0790. The van der Waals surface area contributed by atoms with E-state index < -0.39 is 0 Å². The summed E-state index contributed by atoms with van der Waals surface area (Å²) in [7, 11) is 0. The maximum absolute atomic E-state index is 9.37. The molecule has 0 aromatic heterocycles. The van der Waals surface area contributed by atoms with Crippen LogP contribution >= 0.6 is 0 Å². The zero-order valence-corrected chi connectivity index (χ0v) is 11.7. The number of rotatable bonds is 6. The van der Waals surface area contributed by atoms with Crippen LogP contribution in [-0.2, 0) is 4.74 Å². The lowest BCUT2D eigenvalue weighted by Crippen LogP contribution is -2.26. The molecule has 0 radical (unpaired) electrons.